The molecule has 0 amide bonds. The predicted molar refractivity (Wildman–Crippen MR) is 65.7 cm³/mol. The van der Waals surface area contributed by atoms with E-state index >= 15 is 0 Å². The van der Waals surface area contributed by atoms with Gasteiger partial charge in [0, 0.05) is 32.8 Å². The van der Waals surface area contributed by atoms with E-state index in [1.165, 1.54) is 4.31 Å². The van der Waals surface area contributed by atoms with E-state index in [0.717, 1.165) is 19.3 Å². The van der Waals surface area contributed by atoms with Crippen molar-refractivity contribution in [2.75, 3.05) is 32.8 Å². The fourth-order valence-electron chi connectivity index (χ4n) is 2.67. The summed E-state index contributed by atoms with van der Waals surface area (Å²) in [5, 5.41) is 9.07. The number of aliphatic hydroxyl groups is 1. The highest BCUT2D eigenvalue weighted by molar-refractivity contribution is 7.86. The molecule has 2 aliphatic heterocycles. The first-order valence-electron chi connectivity index (χ1n) is 6.40. The van der Waals surface area contributed by atoms with Gasteiger partial charge in [-0.15, -0.1) is 0 Å². The topological polar surface area (TPSA) is 60.9 Å². The Morgan fingerprint density at radius 1 is 1.18 bits per heavy atom. The Morgan fingerprint density at radius 3 is 2.47 bits per heavy atom. The van der Waals surface area contributed by atoms with Crippen LogP contribution in [0.15, 0.2) is 0 Å². The van der Waals surface area contributed by atoms with Crippen LogP contribution in [0.3, 0.4) is 0 Å². The first-order chi connectivity index (χ1) is 8.04. The summed E-state index contributed by atoms with van der Waals surface area (Å²) in [5.74, 6) is 0.571. The molecule has 5 nitrogen and oxygen atoms in total. The van der Waals surface area contributed by atoms with Crippen LogP contribution in [-0.4, -0.2) is 54.9 Å². The van der Waals surface area contributed by atoms with E-state index in [4.69, 9.17) is 5.11 Å². The molecular formula is C11H22N2O3S. The third kappa shape index (κ3) is 2.81. The minimum Gasteiger partial charge on any atom is -0.396 e. The van der Waals surface area contributed by atoms with Gasteiger partial charge in [-0.3, -0.25) is 0 Å². The van der Waals surface area contributed by atoms with Gasteiger partial charge in [-0.25, -0.2) is 0 Å². The highest BCUT2D eigenvalue weighted by Crippen LogP contribution is 2.25. The van der Waals surface area contributed by atoms with Gasteiger partial charge >= 0.3 is 0 Å². The molecular weight excluding hydrogens is 240 g/mol. The normalized spacial score (nSPS) is 33.1. The summed E-state index contributed by atoms with van der Waals surface area (Å²) in [6.45, 7) is 4.50. The van der Waals surface area contributed by atoms with Crippen molar-refractivity contribution in [3.05, 3.63) is 0 Å². The van der Waals surface area contributed by atoms with Crippen LogP contribution >= 0.6 is 0 Å². The van der Waals surface area contributed by atoms with Gasteiger partial charge < -0.3 is 5.11 Å². The molecule has 1 N–H and O–H groups in total. The number of nitrogens with zero attached hydrogens (tertiary/aromatic N) is 2. The van der Waals surface area contributed by atoms with Crippen LogP contribution in [0.2, 0.25) is 0 Å². The molecule has 0 aromatic rings. The van der Waals surface area contributed by atoms with Gasteiger partial charge in [-0.2, -0.15) is 17.0 Å². The minimum absolute atomic E-state index is 0.0857. The minimum atomic E-state index is -3.28. The molecule has 6 heteroatoms. The van der Waals surface area contributed by atoms with Gasteiger partial charge in [0.2, 0.25) is 0 Å². The maximum atomic E-state index is 12.4. The Bertz CT molecular complexity index is 358. The molecule has 2 rings (SSSR count). The number of aliphatic hydroxyl groups excluding tert-OH is 1. The molecule has 0 aliphatic carbocycles. The second-order valence-corrected chi connectivity index (χ2v) is 7.24. The molecule has 2 unspecified atom stereocenters. The second kappa shape index (κ2) is 5.22. The highest BCUT2D eigenvalue weighted by Gasteiger charge is 2.36. The lowest BCUT2D eigenvalue weighted by atomic mass is 10.0. The third-order valence-electron chi connectivity index (χ3n) is 3.78. The molecule has 0 bridgehead atoms. The van der Waals surface area contributed by atoms with E-state index in [9.17, 15) is 8.42 Å². The maximum absolute atomic E-state index is 12.4. The summed E-state index contributed by atoms with van der Waals surface area (Å²) in [5.41, 5.74) is 0. The van der Waals surface area contributed by atoms with Gasteiger partial charge in [0.25, 0.3) is 10.2 Å². The molecule has 0 radical (unpaired) electrons. The van der Waals surface area contributed by atoms with Crippen LogP contribution in [0.1, 0.15) is 26.2 Å². The summed E-state index contributed by atoms with van der Waals surface area (Å²) < 4.78 is 27.9. The lowest BCUT2D eigenvalue weighted by Crippen LogP contribution is -2.46. The van der Waals surface area contributed by atoms with Crippen molar-refractivity contribution in [2.45, 2.75) is 26.2 Å². The highest BCUT2D eigenvalue weighted by atomic mass is 32.2. The Kier molecular flexibility index (Phi) is 4.07. The van der Waals surface area contributed by atoms with Crippen molar-refractivity contribution in [1.29, 1.82) is 0 Å². The fourth-order valence-corrected chi connectivity index (χ4v) is 4.54. The molecule has 0 aromatic carbocycles. The summed E-state index contributed by atoms with van der Waals surface area (Å²) in [6, 6.07) is 0. The molecule has 2 saturated heterocycles. The van der Waals surface area contributed by atoms with Gasteiger partial charge in [-0.1, -0.05) is 6.92 Å². The van der Waals surface area contributed by atoms with E-state index in [1.807, 2.05) is 0 Å². The Hall–Kier alpha value is -0.170. The monoisotopic (exact) mass is 262 g/mol. The number of hydrogen-bond acceptors (Lipinski definition) is 3. The van der Waals surface area contributed by atoms with Crippen molar-refractivity contribution in [3.63, 3.8) is 0 Å². The van der Waals surface area contributed by atoms with E-state index in [1.54, 1.807) is 4.31 Å². The van der Waals surface area contributed by atoms with Crippen LogP contribution in [0, 0.1) is 11.8 Å². The van der Waals surface area contributed by atoms with Crippen LogP contribution < -0.4 is 0 Å². The molecule has 0 spiro atoms. The fraction of sp³-hybridized carbons (Fsp3) is 1.00. The molecule has 2 heterocycles. The van der Waals surface area contributed by atoms with Crippen LogP contribution in [0.5, 0.6) is 0 Å². The Morgan fingerprint density at radius 2 is 1.88 bits per heavy atom. The smallest absolute Gasteiger partial charge is 0.281 e. The molecule has 17 heavy (non-hydrogen) atoms. The summed E-state index contributed by atoms with van der Waals surface area (Å²) >= 11 is 0. The number of piperidine rings is 1. The summed E-state index contributed by atoms with van der Waals surface area (Å²) in [6.07, 6.45) is 2.85. The molecule has 2 aliphatic rings. The van der Waals surface area contributed by atoms with E-state index in [0.29, 0.717) is 32.1 Å². The van der Waals surface area contributed by atoms with Crippen molar-refractivity contribution in [1.82, 2.24) is 8.61 Å². The van der Waals surface area contributed by atoms with E-state index in [-0.39, 0.29) is 12.5 Å². The largest absolute Gasteiger partial charge is 0.396 e. The standard InChI is InChI=1S/C11H22N2O3S/c1-10-3-2-5-12(7-10)17(15,16)13-6-4-11(8-13)9-14/h10-11,14H,2-9H2,1H3. The second-order valence-electron chi connectivity index (χ2n) is 5.31. The van der Waals surface area contributed by atoms with Crippen molar-refractivity contribution in [3.8, 4) is 0 Å². The Balaban J connectivity index is 2.03. The van der Waals surface area contributed by atoms with Crippen molar-refractivity contribution < 1.29 is 13.5 Å². The maximum Gasteiger partial charge on any atom is 0.281 e. The molecule has 100 valence electrons. The van der Waals surface area contributed by atoms with Gasteiger partial charge in [-0.05, 0) is 31.1 Å². The number of hydrogen-bond donors (Lipinski definition) is 1. The summed E-state index contributed by atoms with van der Waals surface area (Å²) in [7, 11) is -3.28. The average molecular weight is 262 g/mol. The lowest BCUT2D eigenvalue weighted by Gasteiger charge is -2.33. The first-order valence-corrected chi connectivity index (χ1v) is 7.80. The zero-order chi connectivity index (χ0) is 12.5. The van der Waals surface area contributed by atoms with Crippen LogP contribution in [0.25, 0.3) is 0 Å². The van der Waals surface area contributed by atoms with E-state index < -0.39 is 10.2 Å². The lowest BCUT2D eigenvalue weighted by molar-refractivity contribution is 0.229. The van der Waals surface area contributed by atoms with Crippen molar-refractivity contribution >= 4 is 10.2 Å². The van der Waals surface area contributed by atoms with Crippen LogP contribution in [0.4, 0.5) is 0 Å². The first kappa shape index (κ1) is 13.3. The van der Waals surface area contributed by atoms with Crippen LogP contribution in [-0.2, 0) is 10.2 Å². The van der Waals surface area contributed by atoms with Crippen molar-refractivity contribution in [2.24, 2.45) is 11.8 Å². The summed E-state index contributed by atoms with van der Waals surface area (Å²) in [4.78, 5) is 0. The van der Waals surface area contributed by atoms with Gasteiger partial charge in [0.15, 0.2) is 0 Å². The zero-order valence-corrected chi connectivity index (χ0v) is 11.2. The zero-order valence-electron chi connectivity index (χ0n) is 10.4. The SMILES string of the molecule is CC1CCCN(S(=O)(=O)N2CCC(CO)C2)C1. The predicted octanol–water partition coefficient (Wildman–Crippen LogP) is 0.277. The quantitative estimate of drug-likeness (QED) is 0.794. The average Bonchev–Trinajstić information content (AvgIpc) is 2.78. The number of rotatable bonds is 3. The molecule has 2 fully saturated rings. The van der Waals surface area contributed by atoms with Gasteiger partial charge in [0.05, 0.1) is 0 Å². The Labute approximate surface area is 104 Å². The molecule has 0 saturated carbocycles. The van der Waals surface area contributed by atoms with Gasteiger partial charge in [0.1, 0.15) is 0 Å². The molecule has 2 atom stereocenters. The molecule has 0 aromatic heterocycles. The third-order valence-corrected chi connectivity index (χ3v) is 5.75. The van der Waals surface area contributed by atoms with E-state index in [2.05, 4.69) is 6.92 Å².